The quantitative estimate of drug-likeness (QED) is 0.616. The summed E-state index contributed by atoms with van der Waals surface area (Å²) in [5.74, 6) is -3.29. The number of aromatic nitrogens is 2. The molecule has 1 amide bonds. The number of hydrogen-bond acceptors (Lipinski definition) is 6. The maximum atomic E-state index is 12.8. The molecule has 1 aliphatic rings. The lowest BCUT2D eigenvalue weighted by molar-refractivity contribution is 0.0679. The minimum absolute atomic E-state index is 0.0821. The Morgan fingerprint density at radius 2 is 1.57 bits per heavy atom. The Morgan fingerprint density at radius 1 is 0.929 bits per heavy atom. The average Bonchev–Trinajstić information content (AvgIpc) is 3.04. The van der Waals surface area contributed by atoms with E-state index in [-0.39, 0.29) is 16.3 Å². The van der Waals surface area contributed by atoms with Crippen molar-refractivity contribution in [3.05, 3.63) is 51.7 Å². The van der Waals surface area contributed by atoms with Crippen LogP contribution in [0.2, 0.25) is 0 Å². The number of aryl methyl sites for hydroxylation is 1. The van der Waals surface area contributed by atoms with Crippen molar-refractivity contribution in [3.63, 3.8) is 0 Å². The predicted molar refractivity (Wildman–Crippen MR) is 102 cm³/mol. The number of carboxylic acid groups (broad SMARTS) is 2. The molecular weight excluding hydrogens is 382 g/mol. The second kappa shape index (κ2) is 7.01. The molecule has 0 unspecified atom stereocenters. The van der Waals surface area contributed by atoms with Crippen LogP contribution in [0.1, 0.15) is 54.6 Å². The Kier molecular flexibility index (Phi) is 4.52. The van der Waals surface area contributed by atoms with Gasteiger partial charge in [-0.05, 0) is 43.4 Å². The van der Waals surface area contributed by atoms with Crippen molar-refractivity contribution in [1.82, 2.24) is 9.97 Å². The molecule has 1 aliphatic carbocycles. The summed E-state index contributed by atoms with van der Waals surface area (Å²) in [7, 11) is 0. The summed E-state index contributed by atoms with van der Waals surface area (Å²) in [4.78, 5) is 45.3. The van der Waals surface area contributed by atoms with Crippen LogP contribution in [0.4, 0.5) is 5.00 Å². The van der Waals surface area contributed by atoms with E-state index in [9.17, 15) is 24.6 Å². The van der Waals surface area contributed by atoms with Gasteiger partial charge in [0, 0.05) is 4.88 Å². The van der Waals surface area contributed by atoms with Gasteiger partial charge in [0.2, 0.25) is 0 Å². The van der Waals surface area contributed by atoms with Crippen molar-refractivity contribution in [2.75, 3.05) is 5.32 Å². The molecule has 0 saturated carbocycles. The van der Waals surface area contributed by atoms with E-state index in [0.717, 1.165) is 29.7 Å². The number of rotatable bonds is 4. The first kappa shape index (κ1) is 18.1. The molecule has 0 radical (unpaired) electrons. The highest BCUT2D eigenvalue weighted by Crippen LogP contribution is 2.38. The zero-order valence-electron chi connectivity index (χ0n) is 14.6. The lowest BCUT2D eigenvalue weighted by Crippen LogP contribution is -2.20. The Bertz CT molecular complexity index is 1140. The summed E-state index contributed by atoms with van der Waals surface area (Å²) in [5.41, 5.74) is 0.736. The highest BCUT2D eigenvalue weighted by Gasteiger charge is 2.28. The van der Waals surface area contributed by atoms with Gasteiger partial charge < -0.3 is 15.5 Å². The van der Waals surface area contributed by atoms with Crippen LogP contribution >= 0.6 is 11.3 Å². The first-order valence-electron chi connectivity index (χ1n) is 8.65. The number of aromatic carboxylic acids is 2. The number of carbonyl (C=O) groups excluding carboxylic acids is 1. The molecule has 1 aromatic carbocycles. The van der Waals surface area contributed by atoms with E-state index in [4.69, 9.17) is 0 Å². The van der Waals surface area contributed by atoms with E-state index in [1.165, 1.54) is 11.3 Å². The van der Waals surface area contributed by atoms with Gasteiger partial charge in [0.1, 0.15) is 5.00 Å². The van der Waals surface area contributed by atoms with Crippen molar-refractivity contribution in [2.24, 2.45) is 0 Å². The predicted octanol–water partition coefficient (Wildman–Crippen LogP) is 3.22. The molecule has 0 saturated heterocycles. The first-order valence-corrected chi connectivity index (χ1v) is 9.46. The molecule has 3 N–H and O–H groups in total. The van der Waals surface area contributed by atoms with Crippen LogP contribution in [0, 0.1) is 0 Å². The second-order valence-corrected chi connectivity index (χ2v) is 7.49. The topological polar surface area (TPSA) is 129 Å². The zero-order chi connectivity index (χ0) is 19.8. The van der Waals surface area contributed by atoms with E-state index in [1.807, 2.05) is 0 Å². The van der Waals surface area contributed by atoms with Gasteiger partial charge in [0.05, 0.1) is 16.6 Å². The molecule has 3 aromatic rings. The monoisotopic (exact) mass is 397 g/mol. The Morgan fingerprint density at radius 3 is 2.21 bits per heavy atom. The minimum atomic E-state index is -1.38. The number of thiophene rings is 1. The molecule has 0 fully saturated rings. The summed E-state index contributed by atoms with van der Waals surface area (Å²) in [6.07, 6.45) is 3.29. The van der Waals surface area contributed by atoms with E-state index < -0.39 is 23.5 Å². The van der Waals surface area contributed by atoms with Gasteiger partial charge >= 0.3 is 11.9 Å². The second-order valence-electron chi connectivity index (χ2n) is 6.39. The largest absolute Gasteiger partial charge is 0.478 e. The Balaban J connectivity index is 1.77. The third-order valence-electron chi connectivity index (χ3n) is 4.60. The van der Waals surface area contributed by atoms with Crippen LogP contribution in [0.15, 0.2) is 24.3 Å². The van der Waals surface area contributed by atoms with Crippen LogP contribution < -0.4 is 5.32 Å². The molecule has 4 rings (SSSR count). The summed E-state index contributed by atoms with van der Waals surface area (Å²) in [5, 5.41) is 21.8. The summed E-state index contributed by atoms with van der Waals surface area (Å²) in [6.45, 7) is 0. The highest BCUT2D eigenvalue weighted by molar-refractivity contribution is 7.17. The number of fused-ring (bicyclic) bond motifs is 2. The summed E-state index contributed by atoms with van der Waals surface area (Å²) in [6, 6.07) is 6.62. The molecule has 8 nitrogen and oxygen atoms in total. The minimum Gasteiger partial charge on any atom is -0.478 e. The number of carboxylic acids is 2. The van der Waals surface area contributed by atoms with Crippen molar-refractivity contribution >= 4 is 45.2 Å². The normalized spacial score (nSPS) is 13.1. The van der Waals surface area contributed by atoms with Gasteiger partial charge in [0.25, 0.3) is 5.91 Å². The van der Waals surface area contributed by atoms with Crippen molar-refractivity contribution in [3.8, 4) is 0 Å². The number of amides is 1. The van der Waals surface area contributed by atoms with Crippen LogP contribution in [0.25, 0.3) is 11.0 Å². The SMILES string of the molecule is O=C(O)c1nc2ccccc2nc1C(=O)Nc1sc2c(c1C(=O)O)CCCC2. The average molecular weight is 397 g/mol. The van der Waals surface area contributed by atoms with E-state index in [2.05, 4.69) is 15.3 Å². The molecule has 0 bridgehead atoms. The smallest absolute Gasteiger partial charge is 0.357 e. The number of carbonyl (C=O) groups is 3. The molecule has 0 aliphatic heterocycles. The third kappa shape index (κ3) is 3.09. The van der Waals surface area contributed by atoms with Crippen molar-refractivity contribution in [2.45, 2.75) is 25.7 Å². The maximum absolute atomic E-state index is 12.8. The molecule has 0 atom stereocenters. The molecule has 28 heavy (non-hydrogen) atoms. The number of hydrogen-bond donors (Lipinski definition) is 3. The van der Waals surface area contributed by atoms with E-state index >= 15 is 0 Å². The van der Waals surface area contributed by atoms with Crippen LogP contribution in [-0.4, -0.2) is 38.0 Å². The standard InChI is InChI=1S/C19H15N3O5S/c23-16(14-15(19(26)27)21-11-7-3-2-6-10(11)20-14)22-17-13(18(24)25)9-5-1-4-8-12(9)28-17/h2-3,6-7H,1,4-5,8H2,(H,22,23)(H,24,25)(H,26,27). The van der Waals surface area contributed by atoms with Crippen LogP contribution in [0.5, 0.6) is 0 Å². The van der Waals surface area contributed by atoms with Gasteiger partial charge in [-0.2, -0.15) is 0 Å². The van der Waals surface area contributed by atoms with Gasteiger partial charge in [0.15, 0.2) is 11.4 Å². The van der Waals surface area contributed by atoms with Crippen LogP contribution in [-0.2, 0) is 12.8 Å². The molecule has 2 heterocycles. The molecular formula is C19H15N3O5S. The van der Waals surface area contributed by atoms with E-state index in [0.29, 0.717) is 17.5 Å². The fraction of sp³-hybridized carbons (Fsp3) is 0.211. The fourth-order valence-corrected chi connectivity index (χ4v) is 4.63. The molecule has 142 valence electrons. The van der Waals surface area contributed by atoms with Crippen LogP contribution in [0.3, 0.4) is 0 Å². The molecule has 0 spiro atoms. The highest BCUT2D eigenvalue weighted by atomic mass is 32.1. The summed E-state index contributed by atoms with van der Waals surface area (Å²) < 4.78 is 0. The first-order chi connectivity index (χ1) is 13.5. The molecule has 9 heteroatoms. The number of benzene rings is 1. The zero-order valence-corrected chi connectivity index (χ0v) is 15.4. The van der Waals surface area contributed by atoms with E-state index in [1.54, 1.807) is 24.3 Å². The fourth-order valence-electron chi connectivity index (χ4n) is 3.35. The van der Waals surface area contributed by atoms with Crippen molar-refractivity contribution in [1.29, 1.82) is 0 Å². The number of anilines is 1. The van der Waals surface area contributed by atoms with Gasteiger partial charge in [-0.25, -0.2) is 19.6 Å². The van der Waals surface area contributed by atoms with Gasteiger partial charge in [-0.1, -0.05) is 12.1 Å². The van der Waals surface area contributed by atoms with Crippen molar-refractivity contribution < 1.29 is 24.6 Å². The number of nitrogens with zero attached hydrogens (tertiary/aromatic N) is 2. The lowest BCUT2D eigenvalue weighted by Gasteiger charge is -2.10. The molecule has 2 aromatic heterocycles. The van der Waals surface area contributed by atoms with Gasteiger partial charge in [-0.3, -0.25) is 4.79 Å². The Labute approximate surface area is 162 Å². The Hall–Kier alpha value is -3.33. The van der Waals surface area contributed by atoms with Gasteiger partial charge in [-0.15, -0.1) is 11.3 Å². The summed E-state index contributed by atoms with van der Waals surface area (Å²) >= 11 is 1.22. The number of para-hydroxylation sites is 2. The maximum Gasteiger partial charge on any atom is 0.357 e. The third-order valence-corrected chi connectivity index (χ3v) is 5.81. The number of nitrogens with one attached hydrogen (secondary N) is 1. The lowest BCUT2D eigenvalue weighted by atomic mass is 9.95.